The predicted molar refractivity (Wildman–Crippen MR) is 196 cm³/mol. The molecule has 1 aromatic heterocycles. The Labute approximate surface area is 309 Å². The Morgan fingerprint density at radius 2 is 1.63 bits per heavy atom. The number of benzene rings is 3. The Balaban J connectivity index is 0.871. The molecule has 8 rings (SSSR count). The number of aryl methyl sites for hydroxylation is 1. The monoisotopic (exact) mass is 761 g/mol. The van der Waals surface area contributed by atoms with Gasteiger partial charge in [0, 0.05) is 50.8 Å². The molecule has 4 saturated heterocycles. The molecular weight excluding hydrogens is 722 g/mol. The molecule has 0 spiro atoms. The smallest absolute Gasteiger partial charge is 0.329 e. The lowest BCUT2D eigenvalue weighted by molar-refractivity contribution is -0.136. The van der Waals surface area contributed by atoms with Gasteiger partial charge in [0.1, 0.15) is 24.0 Å². The zero-order valence-electron chi connectivity index (χ0n) is 29.6. The van der Waals surface area contributed by atoms with Crippen molar-refractivity contribution in [2.75, 3.05) is 43.6 Å². The Hall–Kier alpha value is -5.29. The van der Waals surface area contributed by atoms with Crippen LogP contribution in [0.1, 0.15) is 67.5 Å². The summed E-state index contributed by atoms with van der Waals surface area (Å²) < 4.78 is 45.9. The van der Waals surface area contributed by atoms with E-state index in [0.29, 0.717) is 47.7 Å². The number of halogens is 1. The highest BCUT2D eigenvalue weighted by molar-refractivity contribution is 7.92. The van der Waals surface area contributed by atoms with Crippen molar-refractivity contribution < 1.29 is 37.1 Å². The maximum atomic E-state index is 15.8. The number of aromatic hydroxyl groups is 1. The first-order valence-electron chi connectivity index (χ1n) is 18.1. The van der Waals surface area contributed by atoms with Crippen LogP contribution in [0.2, 0.25) is 0 Å². The molecule has 1 unspecified atom stereocenters. The van der Waals surface area contributed by atoms with Crippen LogP contribution >= 0.6 is 0 Å². The number of phenolic OH excluding ortho intramolecular Hbond substituents is 1. The molecule has 4 aromatic rings. The summed E-state index contributed by atoms with van der Waals surface area (Å²) in [6.07, 6.45) is 3.30. The minimum Gasteiger partial charge on any atom is -0.506 e. The molecule has 5 heterocycles. The molecule has 4 amide bonds. The fraction of sp³-hybridized carbons (Fsp3) is 0.432. The van der Waals surface area contributed by atoms with E-state index in [1.807, 2.05) is 29.2 Å². The molecule has 4 aliphatic heterocycles. The summed E-state index contributed by atoms with van der Waals surface area (Å²) in [4.78, 5) is 66.6. The minimum absolute atomic E-state index is 0.0436. The van der Waals surface area contributed by atoms with E-state index >= 15 is 4.39 Å². The highest BCUT2D eigenvalue weighted by Crippen LogP contribution is 2.40. The van der Waals surface area contributed by atoms with Gasteiger partial charge in [-0.15, -0.1) is 0 Å². The van der Waals surface area contributed by atoms with E-state index in [-0.39, 0.29) is 47.6 Å². The van der Waals surface area contributed by atoms with Gasteiger partial charge >= 0.3 is 15.9 Å². The Kier molecular flexibility index (Phi) is 8.95. The largest absolute Gasteiger partial charge is 0.506 e. The predicted octanol–water partition coefficient (Wildman–Crippen LogP) is 2.08. The van der Waals surface area contributed by atoms with Crippen LogP contribution in [0.15, 0.2) is 47.3 Å². The maximum absolute atomic E-state index is 15.8. The Morgan fingerprint density at radius 1 is 0.907 bits per heavy atom. The molecular formula is C37H40FN7O8S. The highest BCUT2D eigenvalue weighted by Gasteiger charge is 2.38. The molecule has 54 heavy (non-hydrogen) atoms. The van der Waals surface area contributed by atoms with Crippen LogP contribution in [-0.4, -0.2) is 95.4 Å². The standard InChI is InChI=1S/C37H40FN7O8S/c1-41-29-17-23(4-5-27(29)45(37(41)51)28-6-7-31(47)39-36(28)50)21-8-12-42(13-9-21)14-11-33(49)43-15-10-25(19-43)22-2-3-24-18-30(46)35(34(38)26(24)16-22)44-20-32(48)40-54(44,52)53/h2-5,16-18,21,25,28,46H,6-15,19-20H2,1H3,(H,40,48)(H,39,47,50)/t25-,28?/m0/s1. The van der Waals surface area contributed by atoms with Gasteiger partial charge in [-0.1, -0.05) is 18.2 Å². The normalized spacial score (nSPS) is 22.4. The molecule has 0 bridgehead atoms. The van der Waals surface area contributed by atoms with Gasteiger partial charge in [-0.3, -0.25) is 33.6 Å². The van der Waals surface area contributed by atoms with Crippen LogP contribution in [0.3, 0.4) is 0 Å². The third-order valence-corrected chi connectivity index (χ3v) is 12.9. The molecule has 0 saturated carbocycles. The molecule has 3 aromatic carbocycles. The van der Waals surface area contributed by atoms with Crippen LogP contribution in [0.5, 0.6) is 5.75 Å². The summed E-state index contributed by atoms with van der Waals surface area (Å²) in [6.45, 7) is 2.65. The number of rotatable bonds is 7. The van der Waals surface area contributed by atoms with Gasteiger partial charge in [-0.2, -0.15) is 8.42 Å². The summed E-state index contributed by atoms with van der Waals surface area (Å²) in [5.41, 5.74) is 2.43. The van der Waals surface area contributed by atoms with Gasteiger partial charge < -0.3 is 14.9 Å². The highest BCUT2D eigenvalue weighted by atomic mass is 32.2. The van der Waals surface area contributed by atoms with Crippen molar-refractivity contribution in [3.63, 3.8) is 0 Å². The number of phenols is 1. The molecule has 15 nitrogen and oxygen atoms in total. The quantitative estimate of drug-likeness (QED) is 0.238. The molecule has 284 valence electrons. The number of carbonyl (C=O) groups excluding carboxylic acids is 4. The molecule has 17 heteroatoms. The molecule has 0 aliphatic carbocycles. The van der Waals surface area contributed by atoms with E-state index in [1.165, 1.54) is 10.6 Å². The van der Waals surface area contributed by atoms with Gasteiger partial charge in [-0.25, -0.2) is 18.2 Å². The number of imidazole rings is 1. The van der Waals surface area contributed by atoms with Crippen LogP contribution in [0.25, 0.3) is 21.8 Å². The zero-order chi connectivity index (χ0) is 38.1. The zero-order valence-corrected chi connectivity index (χ0v) is 30.4. The summed E-state index contributed by atoms with van der Waals surface area (Å²) in [5, 5.41) is 13.3. The first kappa shape index (κ1) is 35.7. The second-order valence-corrected chi connectivity index (χ2v) is 16.3. The van der Waals surface area contributed by atoms with Gasteiger partial charge in [0.25, 0.3) is 5.91 Å². The number of nitrogens with one attached hydrogen (secondary N) is 2. The third kappa shape index (κ3) is 6.28. The summed E-state index contributed by atoms with van der Waals surface area (Å²) in [5.74, 6) is -2.89. The van der Waals surface area contributed by atoms with Crippen molar-refractivity contribution in [3.8, 4) is 5.75 Å². The van der Waals surface area contributed by atoms with E-state index in [0.717, 1.165) is 42.6 Å². The number of hydrogen-bond donors (Lipinski definition) is 3. The van der Waals surface area contributed by atoms with E-state index < -0.39 is 51.9 Å². The van der Waals surface area contributed by atoms with Crippen LogP contribution in [0.4, 0.5) is 10.1 Å². The van der Waals surface area contributed by atoms with Gasteiger partial charge in [0.15, 0.2) is 5.82 Å². The van der Waals surface area contributed by atoms with Crippen molar-refractivity contribution in [1.82, 2.24) is 29.0 Å². The number of nitrogens with zero attached hydrogens (tertiary/aromatic N) is 5. The number of piperidine rings is 2. The van der Waals surface area contributed by atoms with Crippen molar-refractivity contribution in [1.29, 1.82) is 0 Å². The summed E-state index contributed by atoms with van der Waals surface area (Å²) >= 11 is 0. The number of aromatic nitrogens is 2. The fourth-order valence-corrected chi connectivity index (χ4v) is 9.67. The molecule has 2 atom stereocenters. The van der Waals surface area contributed by atoms with E-state index in [9.17, 15) is 37.5 Å². The fourth-order valence-electron chi connectivity index (χ4n) is 8.51. The molecule has 0 radical (unpaired) electrons. The lowest BCUT2D eigenvalue weighted by Crippen LogP contribution is -2.44. The van der Waals surface area contributed by atoms with Crippen LogP contribution < -0.4 is 20.0 Å². The second kappa shape index (κ2) is 13.5. The minimum atomic E-state index is -4.33. The third-order valence-electron chi connectivity index (χ3n) is 11.5. The molecule has 4 aliphatic rings. The lowest BCUT2D eigenvalue weighted by Gasteiger charge is -2.32. The Bertz CT molecular complexity index is 2420. The molecule has 3 N–H and O–H groups in total. The molecule has 4 fully saturated rings. The van der Waals surface area contributed by atoms with Crippen molar-refractivity contribution in [2.45, 2.75) is 56.4 Å². The Morgan fingerprint density at radius 3 is 2.35 bits per heavy atom. The summed E-state index contributed by atoms with van der Waals surface area (Å²) in [6, 6.07) is 11.6. The topological polar surface area (TPSA) is 183 Å². The van der Waals surface area contributed by atoms with E-state index in [1.54, 1.807) is 28.5 Å². The average molecular weight is 762 g/mol. The van der Waals surface area contributed by atoms with Crippen LogP contribution in [0, 0.1) is 5.82 Å². The number of imide groups is 1. The van der Waals surface area contributed by atoms with Crippen LogP contribution in [-0.2, 0) is 36.4 Å². The lowest BCUT2D eigenvalue weighted by atomic mass is 9.89. The SMILES string of the molecule is Cn1c(=O)n(C2CCC(=O)NC2=O)c2ccc(C3CCN(CCC(=O)N4CC[C@H](c5ccc6cc(O)c(N7CC(=O)NS7(=O)=O)c(F)c6c5)C4)CC3)cc21. The van der Waals surface area contributed by atoms with Crippen molar-refractivity contribution in [2.24, 2.45) is 7.05 Å². The summed E-state index contributed by atoms with van der Waals surface area (Å²) in [7, 11) is -2.64. The number of likely N-dealkylation sites (tertiary alicyclic amines) is 2. The first-order valence-corrected chi connectivity index (χ1v) is 19.6. The van der Waals surface area contributed by atoms with E-state index in [2.05, 4.69) is 10.2 Å². The van der Waals surface area contributed by atoms with Gasteiger partial charge in [0.05, 0.1) is 11.0 Å². The average Bonchev–Trinajstić information content (AvgIpc) is 3.81. The van der Waals surface area contributed by atoms with Crippen molar-refractivity contribution in [3.05, 3.63) is 69.9 Å². The maximum Gasteiger partial charge on any atom is 0.329 e. The number of fused-ring (bicyclic) bond motifs is 2. The van der Waals surface area contributed by atoms with Gasteiger partial charge in [-0.05, 0) is 85.5 Å². The second-order valence-electron chi connectivity index (χ2n) is 14.7. The first-order chi connectivity index (χ1) is 25.8. The number of anilines is 1. The number of amides is 4. The van der Waals surface area contributed by atoms with E-state index in [4.69, 9.17) is 0 Å². The number of hydrogen-bond acceptors (Lipinski definition) is 9. The van der Waals surface area contributed by atoms with Gasteiger partial charge in [0.2, 0.25) is 17.7 Å². The number of carbonyl (C=O) groups is 4. The van der Waals surface area contributed by atoms with Crippen molar-refractivity contribution >= 4 is 61.3 Å².